The van der Waals surface area contributed by atoms with Crippen LogP contribution in [0.4, 0.5) is 10.2 Å². The van der Waals surface area contributed by atoms with E-state index in [1.165, 1.54) is 17.2 Å². The predicted molar refractivity (Wildman–Crippen MR) is 107 cm³/mol. The molecule has 2 heterocycles. The lowest BCUT2D eigenvalue weighted by atomic mass is 9.94. The Morgan fingerprint density at radius 3 is 2.86 bits per heavy atom. The highest BCUT2D eigenvalue weighted by atomic mass is 19.1. The third-order valence-corrected chi connectivity index (χ3v) is 4.77. The number of anilines is 1. The molecule has 0 spiro atoms. The Morgan fingerprint density at radius 1 is 1.31 bits per heavy atom. The molecule has 1 unspecified atom stereocenters. The van der Waals surface area contributed by atoms with Crippen molar-refractivity contribution in [2.75, 3.05) is 18.6 Å². The second-order valence-corrected chi connectivity index (χ2v) is 6.93. The minimum absolute atomic E-state index is 0.0962. The zero-order chi connectivity index (χ0) is 20.5. The van der Waals surface area contributed by atoms with Crippen molar-refractivity contribution in [3.8, 4) is 0 Å². The van der Waals surface area contributed by atoms with Crippen LogP contribution in [0.3, 0.4) is 0 Å². The molecule has 1 aliphatic heterocycles. The summed E-state index contributed by atoms with van der Waals surface area (Å²) in [4.78, 5) is 27.3. The van der Waals surface area contributed by atoms with E-state index in [9.17, 15) is 9.18 Å². The average Bonchev–Trinajstić information content (AvgIpc) is 3.12. The lowest BCUT2D eigenvalue weighted by Crippen LogP contribution is -2.49. The molecule has 7 nitrogen and oxygen atoms in total. The first-order valence-corrected chi connectivity index (χ1v) is 9.92. The number of halogens is 1. The molecule has 1 fully saturated rings. The van der Waals surface area contributed by atoms with E-state index in [1.54, 1.807) is 18.3 Å². The summed E-state index contributed by atoms with van der Waals surface area (Å²) >= 11 is 0. The quantitative estimate of drug-likeness (QED) is 0.587. The van der Waals surface area contributed by atoms with E-state index in [4.69, 9.17) is 9.68 Å². The van der Waals surface area contributed by atoms with Gasteiger partial charge in [-0.15, -0.1) is 0 Å². The first-order chi connectivity index (χ1) is 14.1. The maximum Gasteiger partial charge on any atom is 0.325 e. The average molecular weight is 402 g/mol. The van der Waals surface area contributed by atoms with Gasteiger partial charge in [0, 0.05) is 19.2 Å². The zero-order valence-corrected chi connectivity index (χ0v) is 16.6. The molecular weight excluding hydrogens is 375 g/mol. The van der Waals surface area contributed by atoms with Gasteiger partial charge >= 0.3 is 5.97 Å². The normalized spacial score (nSPS) is 19.2. The van der Waals surface area contributed by atoms with E-state index >= 15 is 0 Å². The summed E-state index contributed by atoms with van der Waals surface area (Å²) in [5, 5.41) is 4.80. The van der Waals surface area contributed by atoms with Gasteiger partial charge in [-0.1, -0.05) is 30.2 Å². The van der Waals surface area contributed by atoms with Crippen LogP contribution in [0.25, 0.3) is 0 Å². The number of nitrogens with one attached hydrogen (secondary N) is 2. The summed E-state index contributed by atoms with van der Waals surface area (Å²) in [5.41, 5.74) is 2.92. The van der Waals surface area contributed by atoms with Gasteiger partial charge in [-0.25, -0.2) is 9.37 Å². The Hall–Kier alpha value is -2.55. The molecule has 8 heteroatoms. The fraction of sp³-hybridized carbons (Fsp3) is 0.429. The van der Waals surface area contributed by atoms with Crippen molar-refractivity contribution in [3.63, 3.8) is 0 Å². The summed E-state index contributed by atoms with van der Waals surface area (Å²) in [6.45, 7) is 2.77. The Morgan fingerprint density at radius 2 is 2.14 bits per heavy atom. The molecule has 2 aromatic rings. The van der Waals surface area contributed by atoms with Crippen LogP contribution in [0.1, 0.15) is 44.6 Å². The molecule has 0 saturated carbocycles. The number of carbonyl (C=O) groups excluding carboxylic acids is 1. The fourth-order valence-corrected chi connectivity index (χ4v) is 3.29. The van der Waals surface area contributed by atoms with E-state index in [2.05, 4.69) is 15.8 Å². The molecular formula is C21H27FN4O3. The number of rotatable bonds is 10. The SMILES string of the molecule is CCCC(=O)ON1CONC1(CCCCNc1ccccn1)c1ccc(F)cc1. The minimum atomic E-state index is -0.859. The molecule has 0 radical (unpaired) electrons. The van der Waals surface area contributed by atoms with E-state index in [0.717, 1.165) is 30.8 Å². The van der Waals surface area contributed by atoms with Gasteiger partial charge in [0.1, 0.15) is 11.6 Å². The van der Waals surface area contributed by atoms with Crippen molar-refractivity contribution in [2.45, 2.75) is 44.7 Å². The summed E-state index contributed by atoms with van der Waals surface area (Å²) < 4.78 is 13.5. The lowest BCUT2D eigenvalue weighted by molar-refractivity contribution is -0.220. The van der Waals surface area contributed by atoms with Gasteiger partial charge in [0.25, 0.3) is 0 Å². The number of pyridine rings is 1. The molecule has 29 heavy (non-hydrogen) atoms. The van der Waals surface area contributed by atoms with E-state index in [1.807, 2.05) is 25.1 Å². The zero-order valence-electron chi connectivity index (χ0n) is 16.6. The number of nitrogens with zero attached hydrogens (tertiary/aromatic N) is 2. The van der Waals surface area contributed by atoms with Crippen LogP contribution in [0.15, 0.2) is 48.7 Å². The minimum Gasteiger partial charge on any atom is -0.370 e. The Kier molecular flexibility index (Phi) is 7.51. The van der Waals surface area contributed by atoms with Crippen LogP contribution in [0.5, 0.6) is 0 Å². The Bertz CT molecular complexity index is 775. The topological polar surface area (TPSA) is 75.7 Å². The van der Waals surface area contributed by atoms with Crippen LogP contribution >= 0.6 is 0 Å². The van der Waals surface area contributed by atoms with Crippen LogP contribution in [0, 0.1) is 5.82 Å². The van der Waals surface area contributed by atoms with Crippen molar-refractivity contribution < 1.29 is 18.9 Å². The second-order valence-electron chi connectivity index (χ2n) is 6.93. The molecule has 3 rings (SSSR count). The molecule has 0 aliphatic carbocycles. The molecule has 1 aliphatic rings. The number of hydroxylamine groups is 3. The summed E-state index contributed by atoms with van der Waals surface area (Å²) in [5.74, 6) is 0.193. The van der Waals surface area contributed by atoms with Crippen molar-refractivity contribution in [3.05, 3.63) is 60.0 Å². The first-order valence-electron chi connectivity index (χ1n) is 9.92. The van der Waals surface area contributed by atoms with Crippen molar-refractivity contribution >= 4 is 11.8 Å². The van der Waals surface area contributed by atoms with Crippen LogP contribution in [-0.4, -0.2) is 29.3 Å². The molecule has 0 bridgehead atoms. The van der Waals surface area contributed by atoms with Crippen molar-refractivity contribution in [1.29, 1.82) is 0 Å². The molecule has 156 valence electrons. The van der Waals surface area contributed by atoms with Crippen LogP contribution in [0.2, 0.25) is 0 Å². The highest BCUT2D eigenvalue weighted by Gasteiger charge is 2.46. The third kappa shape index (κ3) is 5.50. The standard InChI is InChI=1S/C21H27FN4O3/c1-2-7-20(27)29-26-16-28-25-21(26,17-9-11-18(22)12-10-17)13-4-6-15-24-19-8-3-5-14-23-19/h3,5,8-12,14,25H,2,4,6-7,13,15-16H2,1H3,(H,23,24). The number of carbonyl (C=O) groups is 1. The summed E-state index contributed by atoms with van der Waals surface area (Å²) in [6.07, 6.45) is 5.07. The smallest absolute Gasteiger partial charge is 0.325 e. The maximum atomic E-state index is 13.5. The van der Waals surface area contributed by atoms with E-state index in [-0.39, 0.29) is 18.5 Å². The van der Waals surface area contributed by atoms with Gasteiger partial charge in [0.05, 0.1) is 0 Å². The number of aromatic nitrogens is 1. The van der Waals surface area contributed by atoms with E-state index < -0.39 is 5.66 Å². The van der Waals surface area contributed by atoms with Gasteiger partial charge in [-0.2, -0.15) is 5.48 Å². The lowest BCUT2D eigenvalue weighted by Gasteiger charge is -2.35. The van der Waals surface area contributed by atoms with Crippen molar-refractivity contribution in [2.24, 2.45) is 0 Å². The first kappa shape index (κ1) is 21.2. The second kappa shape index (κ2) is 10.3. The number of hydrogen-bond donors (Lipinski definition) is 2. The van der Waals surface area contributed by atoms with Crippen LogP contribution < -0.4 is 10.8 Å². The predicted octanol–water partition coefficient (Wildman–Crippen LogP) is 3.71. The Labute approximate surface area is 170 Å². The molecule has 1 aromatic heterocycles. The molecule has 1 atom stereocenters. The van der Waals surface area contributed by atoms with Gasteiger partial charge < -0.3 is 10.2 Å². The summed E-state index contributed by atoms with van der Waals surface area (Å²) in [6, 6.07) is 11.9. The fourth-order valence-electron chi connectivity index (χ4n) is 3.29. The number of hydrogen-bond acceptors (Lipinski definition) is 7. The number of benzene rings is 1. The Balaban J connectivity index is 1.66. The maximum absolute atomic E-state index is 13.5. The largest absolute Gasteiger partial charge is 0.370 e. The highest BCUT2D eigenvalue weighted by Crippen LogP contribution is 2.35. The van der Waals surface area contributed by atoms with Gasteiger partial charge in [-0.3, -0.25) is 9.63 Å². The molecule has 2 N–H and O–H groups in total. The third-order valence-electron chi connectivity index (χ3n) is 4.77. The monoisotopic (exact) mass is 402 g/mol. The number of unbranched alkanes of at least 4 members (excludes halogenated alkanes) is 1. The van der Waals surface area contributed by atoms with Gasteiger partial charge in [0.2, 0.25) is 0 Å². The highest BCUT2D eigenvalue weighted by molar-refractivity contribution is 5.69. The molecule has 1 saturated heterocycles. The van der Waals surface area contributed by atoms with Gasteiger partial charge in [-0.05, 0) is 55.5 Å². The molecule has 1 aromatic carbocycles. The van der Waals surface area contributed by atoms with Gasteiger partial charge in [0.15, 0.2) is 12.4 Å². The van der Waals surface area contributed by atoms with Crippen LogP contribution in [-0.2, 0) is 20.1 Å². The molecule has 0 amide bonds. The summed E-state index contributed by atoms with van der Waals surface area (Å²) in [7, 11) is 0. The van der Waals surface area contributed by atoms with Crippen molar-refractivity contribution in [1.82, 2.24) is 15.5 Å². The van der Waals surface area contributed by atoms with E-state index in [0.29, 0.717) is 19.3 Å².